The molecule has 2 N–H and O–H groups in total. The molecule has 0 aliphatic rings. The second-order valence-electron chi connectivity index (χ2n) is 19.6. The van der Waals surface area contributed by atoms with Crippen LogP contribution < -0.4 is 0 Å². The van der Waals surface area contributed by atoms with Gasteiger partial charge in [0.15, 0.2) is 0 Å². The summed E-state index contributed by atoms with van der Waals surface area (Å²) in [6, 6.07) is 14.7. The van der Waals surface area contributed by atoms with E-state index < -0.39 is 63.3 Å². The molecule has 428 valence electrons. The average Bonchev–Trinajstić information content (AvgIpc) is 3.21. The Morgan fingerprint density at radius 3 is 0.961 bits per heavy atom. The third kappa shape index (κ3) is 21.5. The minimum atomic E-state index is -3.61. The normalized spacial score (nSPS) is 12.1. The Hall–Kier alpha value is -4.33. The van der Waals surface area contributed by atoms with E-state index in [1.165, 1.54) is 34.1 Å². The monoisotopic (exact) mass is 1160 g/mol. The Morgan fingerprint density at radius 2 is 0.724 bits per heavy atom. The molecule has 0 saturated heterocycles. The number of hydrogen-bond acceptors (Lipinski definition) is 14. The van der Waals surface area contributed by atoms with Crippen LogP contribution in [0.25, 0.3) is 0 Å². The predicted molar refractivity (Wildman–Crippen MR) is 297 cm³/mol. The van der Waals surface area contributed by atoms with Crippen molar-refractivity contribution >= 4 is 61.7 Å². The number of esters is 1. The molecule has 0 heterocycles. The lowest BCUT2D eigenvalue weighted by molar-refractivity contribution is -0.160. The Labute approximate surface area is 457 Å². The van der Waals surface area contributed by atoms with Gasteiger partial charge in [-0.3, -0.25) is 0 Å². The van der Waals surface area contributed by atoms with Crippen molar-refractivity contribution in [3.8, 4) is 0 Å². The Bertz CT molecular complexity index is 3030. The molecule has 76 heavy (non-hydrogen) atoms. The van der Waals surface area contributed by atoms with Gasteiger partial charge < -0.3 is 24.4 Å². The van der Waals surface area contributed by atoms with Gasteiger partial charge >= 0.3 is 11.9 Å². The molecule has 18 nitrogen and oxygen atoms in total. The number of carbonyl (C=O) groups excluding carboxylic acids is 1. The Balaban J connectivity index is 0.000000519. The van der Waals surface area contributed by atoms with Crippen LogP contribution in [0.15, 0.2) is 68.1 Å². The summed E-state index contributed by atoms with van der Waals surface area (Å²) in [6.45, 7) is 26.9. The van der Waals surface area contributed by atoms with Crippen LogP contribution in [0.3, 0.4) is 0 Å². The number of ether oxygens (including phenoxy) is 3. The molecule has 0 amide bonds. The van der Waals surface area contributed by atoms with Crippen molar-refractivity contribution in [1.29, 1.82) is 0 Å². The van der Waals surface area contributed by atoms with E-state index in [9.17, 15) is 43.3 Å². The number of nitrogens with zero attached hydrogens (tertiary/aromatic N) is 3. The molecule has 0 saturated carbocycles. The first-order chi connectivity index (χ1) is 34.6. The largest absolute Gasteiger partial charge is 0.480 e. The topological polar surface area (TPSA) is 249 Å². The lowest BCUT2D eigenvalue weighted by Gasteiger charge is -2.21. The van der Waals surface area contributed by atoms with Crippen LogP contribution in [0.5, 0.6) is 0 Å². The summed E-state index contributed by atoms with van der Waals surface area (Å²) in [5, 5.41) is 17.3. The number of likely N-dealkylation sites (N-methyl/N-ethyl adjacent to an activating group) is 3. The molecule has 0 radical (unpaired) electrons. The van der Waals surface area contributed by atoms with Gasteiger partial charge in [0.05, 0.1) is 39.4 Å². The number of benzene rings is 4. The maximum atomic E-state index is 12.8. The molecule has 0 aliphatic carbocycles. The quantitative estimate of drug-likeness (QED) is 0.0519. The Kier molecular flexibility index (Phi) is 27.1. The van der Waals surface area contributed by atoms with Crippen molar-refractivity contribution in [1.82, 2.24) is 12.9 Å². The zero-order chi connectivity index (χ0) is 59.1. The lowest BCUT2D eigenvalue weighted by atomic mass is 10.1. The first-order valence-corrected chi connectivity index (χ1v) is 30.6. The van der Waals surface area contributed by atoms with Gasteiger partial charge in [-0.25, -0.2) is 43.3 Å². The molecule has 4 rings (SSSR count). The highest BCUT2D eigenvalue weighted by Gasteiger charge is 2.28. The maximum Gasteiger partial charge on any atom is 0.332 e. The van der Waals surface area contributed by atoms with Crippen molar-refractivity contribution in [2.45, 2.75) is 129 Å². The van der Waals surface area contributed by atoms with Gasteiger partial charge in [-0.2, -0.15) is 12.9 Å². The van der Waals surface area contributed by atoms with Gasteiger partial charge in [0.2, 0.25) is 30.1 Å². The highest BCUT2D eigenvalue weighted by atomic mass is 35.7. The number of carboxylic acids is 1. The summed E-state index contributed by atoms with van der Waals surface area (Å²) in [7, 11) is -4.60. The van der Waals surface area contributed by atoms with Crippen molar-refractivity contribution in [3.63, 3.8) is 0 Å². The van der Waals surface area contributed by atoms with Crippen LogP contribution in [0.4, 0.5) is 0 Å². The van der Waals surface area contributed by atoms with Gasteiger partial charge in [0.1, 0.15) is 18.8 Å². The van der Waals surface area contributed by atoms with E-state index >= 15 is 0 Å². The highest BCUT2D eigenvalue weighted by molar-refractivity contribution is 8.13. The van der Waals surface area contributed by atoms with E-state index in [-0.39, 0.29) is 51.0 Å². The van der Waals surface area contributed by atoms with E-state index in [0.717, 1.165) is 44.5 Å². The van der Waals surface area contributed by atoms with Gasteiger partial charge in [-0.15, -0.1) is 0 Å². The third-order valence-corrected chi connectivity index (χ3v) is 19.1. The number of sulfonamides is 3. The van der Waals surface area contributed by atoms with E-state index in [2.05, 4.69) is 0 Å². The number of carboxylic acid groups (broad SMARTS) is 1. The van der Waals surface area contributed by atoms with E-state index in [1.54, 1.807) is 76.2 Å². The van der Waals surface area contributed by atoms with Gasteiger partial charge in [-0.1, -0.05) is 70.8 Å². The summed E-state index contributed by atoms with van der Waals surface area (Å²) in [6.07, 6.45) is 0. The number of aliphatic carboxylic acids is 1. The standard InChI is InChI=1S/C18H29NO5S.C14H21NO5S.C12H19NO3S.C9H11ClO2S/c1-13-10-14(2)17(15(3)11-13)25(21,22)19(7)8-9-23-12-16(20)24-18(4,5)6;1-10-7-11(2)14(12(3)8-10)21(18,19)15(4)5-6-20-9-13(16)17;1-9-7-10(2)12(11(3)8-9)17(15,16)13(4)5-6-14;1-6-4-7(2)9(8(3)5-6)13(10,11)12/h10-11H,8-9,12H2,1-7H3;7-8H,5-6,9H2,1-4H3,(H,16,17);7-8,14H,5-6H2,1-4H3;4-5H,1-3H3. The molecule has 23 heteroatoms. The molecular weight excluding hydrogens is 1080 g/mol. The van der Waals surface area contributed by atoms with E-state index in [0.29, 0.717) is 36.9 Å². The molecular formula is C53H80ClN3O15S4. The number of carbonyl (C=O) groups is 2. The van der Waals surface area contributed by atoms with Crippen LogP contribution in [-0.2, 0) is 62.9 Å². The number of hydrogen-bond donors (Lipinski definition) is 2. The molecule has 0 atom stereocenters. The average molecular weight is 1160 g/mol. The zero-order valence-corrected chi connectivity index (χ0v) is 51.4. The maximum absolute atomic E-state index is 12.8. The number of aliphatic hydroxyl groups excluding tert-OH is 1. The van der Waals surface area contributed by atoms with E-state index in [1.807, 2.05) is 76.2 Å². The molecule has 0 unspecified atom stereocenters. The first kappa shape index (κ1) is 69.7. The fourth-order valence-corrected chi connectivity index (χ4v) is 14.6. The molecule has 0 fully saturated rings. The summed E-state index contributed by atoms with van der Waals surface area (Å²) < 4.78 is 116. The second kappa shape index (κ2) is 29.6. The molecule has 4 aromatic carbocycles. The van der Waals surface area contributed by atoms with Crippen LogP contribution in [0, 0.1) is 83.1 Å². The summed E-state index contributed by atoms with van der Waals surface area (Å²) in [5.41, 5.74) is 9.28. The van der Waals surface area contributed by atoms with Crippen molar-refractivity contribution in [2.75, 3.05) is 73.8 Å². The van der Waals surface area contributed by atoms with Crippen LogP contribution in [0.2, 0.25) is 0 Å². The second-order valence-corrected chi connectivity index (χ2v) is 28.1. The molecule has 0 aromatic heterocycles. The van der Waals surface area contributed by atoms with Crippen LogP contribution >= 0.6 is 10.7 Å². The summed E-state index contributed by atoms with van der Waals surface area (Å²) >= 11 is 0. The fourth-order valence-electron chi connectivity index (χ4n) is 8.31. The number of aliphatic hydroxyl groups is 1. The molecule has 0 aliphatic heterocycles. The highest BCUT2D eigenvalue weighted by Crippen LogP contribution is 2.28. The zero-order valence-electron chi connectivity index (χ0n) is 47.3. The summed E-state index contributed by atoms with van der Waals surface area (Å²) in [4.78, 5) is 23.1. The smallest absolute Gasteiger partial charge is 0.332 e. The van der Waals surface area contributed by atoms with Gasteiger partial charge in [-0.05, 0) is 148 Å². The predicted octanol–water partition coefficient (Wildman–Crippen LogP) is 7.69. The van der Waals surface area contributed by atoms with E-state index in [4.69, 9.17) is 35.1 Å². The molecule has 4 aromatic rings. The first-order valence-electron chi connectivity index (χ1n) is 24.0. The summed E-state index contributed by atoms with van der Waals surface area (Å²) in [5.74, 6) is -1.55. The minimum Gasteiger partial charge on any atom is -0.480 e. The lowest BCUT2D eigenvalue weighted by Crippen LogP contribution is -2.32. The van der Waals surface area contributed by atoms with Crippen molar-refractivity contribution < 1.29 is 67.7 Å². The molecule has 0 spiro atoms. The van der Waals surface area contributed by atoms with Crippen molar-refractivity contribution in [2.24, 2.45) is 0 Å². The van der Waals surface area contributed by atoms with Crippen LogP contribution in [0.1, 0.15) is 87.5 Å². The number of rotatable bonds is 19. The number of aryl methyl sites for hydroxylation is 12. The SMILES string of the molecule is Cc1cc(C)c(S(=O)(=O)Cl)c(C)c1.Cc1cc(C)c(S(=O)(=O)N(C)CCO)c(C)c1.Cc1cc(C)c(S(=O)(=O)N(C)CCOCC(=O)O)c(C)c1.Cc1cc(C)c(S(=O)(=O)N(C)CCOCC(=O)OC(C)(C)C)c(C)c1. The van der Waals surface area contributed by atoms with Crippen LogP contribution in [-0.4, -0.2) is 148 Å². The third-order valence-electron chi connectivity index (χ3n) is 11.0. The number of halogens is 1. The molecule has 0 bridgehead atoms. The van der Waals surface area contributed by atoms with Crippen molar-refractivity contribution in [3.05, 3.63) is 115 Å². The van der Waals surface area contributed by atoms with Gasteiger partial charge in [0, 0.05) is 51.5 Å². The minimum absolute atomic E-state index is 0.0337. The Morgan fingerprint density at radius 1 is 0.474 bits per heavy atom. The fraction of sp³-hybridized carbons (Fsp3) is 0.509. The van der Waals surface area contributed by atoms with Gasteiger partial charge in [0.25, 0.3) is 9.05 Å².